The van der Waals surface area contributed by atoms with Crippen LogP contribution in [0.15, 0.2) is 0 Å². The van der Waals surface area contributed by atoms with Crippen LogP contribution in [0.4, 0.5) is 0 Å². The van der Waals surface area contributed by atoms with Gasteiger partial charge in [-0.15, -0.1) is 10.2 Å². The second-order valence-electron chi connectivity index (χ2n) is 1.87. The van der Waals surface area contributed by atoms with Gasteiger partial charge in [0.05, 0.1) is 0 Å². The Balaban J connectivity index is 2.88. The van der Waals surface area contributed by atoms with Crippen LogP contribution in [0.2, 0.25) is 0 Å². The van der Waals surface area contributed by atoms with E-state index in [9.17, 15) is 0 Å². The summed E-state index contributed by atoms with van der Waals surface area (Å²) in [5.74, 6) is 0.768. The van der Waals surface area contributed by atoms with Crippen molar-refractivity contribution >= 4 is 11.3 Å². The number of H-pyrrole nitrogens is 1. The summed E-state index contributed by atoms with van der Waals surface area (Å²) >= 11 is 0. The van der Waals surface area contributed by atoms with Gasteiger partial charge >= 0.3 is 0 Å². The fourth-order valence-electron chi connectivity index (χ4n) is 0.734. The van der Waals surface area contributed by atoms with Crippen molar-refractivity contribution in [2.75, 3.05) is 0 Å². The Morgan fingerprint density at radius 3 is 2.80 bits per heavy atom. The van der Waals surface area contributed by atoms with Gasteiger partial charge in [0.15, 0.2) is 0 Å². The normalized spacial score (nSPS) is 10.5. The highest BCUT2D eigenvalue weighted by Crippen LogP contribution is 1.99. The van der Waals surface area contributed by atoms with E-state index < -0.39 is 0 Å². The summed E-state index contributed by atoms with van der Waals surface area (Å²) < 4.78 is 0. The summed E-state index contributed by atoms with van der Waals surface area (Å²) in [4.78, 5) is 6.85. The van der Waals surface area contributed by atoms with Crippen molar-refractivity contribution in [3.8, 4) is 0 Å². The second kappa shape index (κ2) is 1.69. The molecule has 2 aromatic heterocycles. The number of hydrogen-bond donors (Lipinski definition) is 1. The zero-order chi connectivity index (χ0) is 6.97. The molecule has 0 aliphatic carbocycles. The third-order valence-electron chi connectivity index (χ3n) is 1.11. The zero-order valence-electron chi connectivity index (χ0n) is 5.24. The minimum absolute atomic E-state index is 0.507. The van der Waals surface area contributed by atoms with Crippen LogP contribution in [0.1, 0.15) is 5.82 Å². The molecule has 10 heavy (non-hydrogen) atoms. The summed E-state index contributed by atoms with van der Waals surface area (Å²) in [5, 5.41) is 14.0. The number of aryl methyl sites for hydroxylation is 1. The van der Waals surface area contributed by atoms with Gasteiger partial charge in [-0.2, -0.15) is 0 Å². The molecule has 6 nitrogen and oxygen atoms in total. The van der Waals surface area contributed by atoms with Gasteiger partial charge in [0, 0.05) is 0 Å². The molecule has 2 heterocycles. The number of aromatic nitrogens is 6. The first-order valence-electron chi connectivity index (χ1n) is 2.74. The van der Waals surface area contributed by atoms with Crippen LogP contribution in [0.5, 0.6) is 0 Å². The molecule has 0 bridgehead atoms. The molecule has 1 N–H and O–H groups in total. The van der Waals surface area contributed by atoms with E-state index in [2.05, 4.69) is 30.6 Å². The predicted octanol–water partition coefficient (Wildman–Crippen LogP) is -0.549. The molecule has 0 saturated carbocycles. The van der Waals surface area contributed by atoms with Crippen LogP contribution in [0.3, 0.4) is 0 Å². The Labute approximate surface area is 55.7 Å². The number of rotatable bonds is 0. The topological polar surface area (TPSA) is 80.2 Å². The fourth-order valence-corrected chi connectivity index (χ4v) is 0.734. The monoisotopic (exact) mass is 136 g/mol. The standard InChI is InChI=1S/C4H4N6/c1-2-5-3-4(6-2)8-10-9-7-3/h1H3,(H,5,6,7,8,9,10). The van der Waals surface area contributed by atoms with Gasteiger partial charge in [-0.3, -0.25) is 0 Å². The van der Waals surface area contributed by atoms with Crippen molar-refractivity contribution in [3.63, 3.8) is 0 Å². The van der Waals surface area contributed by atoms with Crippen LogP contribution < -0.4 is 0 Å². The van der Waals surface area contributed by atoms with E-state index in [1.54, 1.807) is 0 Å². The molecule has 0 unspecified atom stereocenters. The van der Waals surface area contributed by atoms with Gasteiger partial charge in [-0.25, -0.2) is 4.98 Å². The van der Waals surface area contributed by atoms with Crippen molar-refractivity contribution in [1.82, 2.24) is 30.6 Å². The molecule has 0 saturated heterocycles. The van der Waals surface area contributed by atoms with Gasteiger partial charge in [0.25, 0.3) is 0 Å². The van der Waals surface area contributed by atoms with E-state index >= 15 is 0 Å². The second-order valence-corrected chi connectivity index (χ2v) is 1.87. The largest absolute Gasteiger partial charge is 0.324 e. The number of imidazole rings is 1. The summed E-state index contributed by atoms with van der Waals surface area (Å²) in [6.07, 6.45) is 0. The van der Waals surface area contributed by atoms with E-state index in [0.29, 0.717) is 11.3 Å². The minimum Gasteiger partial charge on any atom is -0.324 e. The SMILES string of the molecule is Cc1nc2nnnnc2[nH]1. The molecule has 0 atom stereocenters. The van der Waals surface area contributed by atoms with E-state index in [4.69, 9.17) is 0 Å². The first-order valence-corrected chi connectivity index (χ1v) is 2.74. The average Bonchev–Trinajstić information content (AvgIpc) is 2.27. The molecule has 0 fully saturated rings. The first-order chi connectivity index (χ1) is 4.86. The first kappa shape index (κ1) is 5.21. The Kier molecular flexibility index (Phi) is 0.883. The van der Waals surface area contributed by atoms with Crippen molar-refractivity contribution in [3.05, 3.63) is 5.82 Å². The number of aromatic amines is 1. The summed E-state index contributed by atoms with van der Waals surface area (Å²) in [6, 6.07) is 0. The van der Waals surface area contributed by atoms with Crippen LogP contribution in [-0.4, -0.2) is 30.6 Å². The lowest BCUT2D eigenvalue weighted by molar-refractivity contribution is 0.790. The maximum Gasteiger partial charge on any atom is 0.223 e. The smallest absolute Gasteiger partial charge is 0.223 e. The summed E-state index contributed by atoms with van der Waals surface area (Å²) in [7, 11) is 0. The molecule has 0 aliphatic rings. The lowest BCUT2D eigenvalue weighted by Crippen LogP contribution is -1.90. The highest BCUT2D eigenvalue weighted by molar-refractivity contribution is 5.62. The molecular formula is C4H4N6. The molecular weight excluding hydrogens is 132 g/mol. The van der Waals surface area contributed by atoms with E-state index in [0.717, 1.165) is 5.82 Å². The van der Waals surface area contributed by atoms with Crippen molar-refractivity contribution < 1.29 is 0 Å². The van der Waals surface area contributed by atoms with Gasteiger partial charge in [-0.05, 0) is 17.4 Å². The van der Waals surface area contributed by atoms with Gasteiger partial charge in [0.1, 0.15) is 5.82 Å². The molecule has 6 heteroatoms. The molecule has 2 rings (SSSR count). The van der Waals surface area contributed by atoms with E-state index in [1.165, 1.54) is 0 Å². The van der Waals surface area contributed by atoms with Crippen molar-refractivity contribution in [2.45, 2.75) is 6.92 Å². The highest BCUT2D eigenvalue weighted by Gasteiger charge is 1.99. The molecule has 0 radical (unpaired) electrons. The quantitative estimate of drug-likeness (QED) is 0.525. The third-order valence-corrected chi connectivity index (χ3v) is 1.11. The minimum atomic E-state index is 0.507. The Morgan fingerprint density at radius 2 is 2.00 bits per heavy atom. The van der Waals surface area contributed by atoms with Crippen molar-refractivity contribution in [1.29, 1.82) is 0 Å². The molecule has 0 spiro atoms. The Hall–Kier alpha value is -1.59. The number of fused-ring (bicyclic) bond motifs is 1. The van der Waals surface area contributed by atoms with Gasteiger partial charge in [0.2, 0.25) is 11.3 Å². The number of nitrogens with zero attached hydrogens (tertiary/aromatic N) is 5. The third kappa shape index (κ3) is 0.619. The fraction of sp³-hybridized carbons (Fsp3) is 0.250. The zero-order valence-corrected chi connectivity index (χ0v) is 5.24. The number of hydrogen-bond acceptors (Lipinski definition) is 5. The van der Waals surface area contributed by atoms with Crippen LogP contribution in [-0.2, 0) is 0 Å². The maximum absolute atomic E-state index is 3.98. The number of nitrogens with one attached hydrogen (secondary N) is 1. The molecule has 2 aromatic rings. The molecule has 50 valence electrons. The van der Waals surface area contributed by atoms with E-state index in [-0.39, 0.29) is 0 Å². The highest BCUT2D eigenvalue weighted by atomic mass is 15.4. The van der Waals surface area contributed by atoms with Crippen molar-refractivity contribution in [2.24, 2.45) is 0 Å². The lowest BCUT2D eigenvalue weighted by atomic mass is 10.8. The summed E-state index contributed by atoms with van der Waals surface area (Å²) in [6.45, 7) is 1.82. The average molecular weight is 136 g/mol. The van der Waals surface area contributed by atoms with Crippen LogP contribution >= 0.6 is 0 Å². The summed E-state index contributed by atoms with van der Waals surface area (Å²) in [5.41, 5.74) is 1.08. The van der Waals surface area contributed by atoms with Crippen LogP contribution in [0.25, 0.3) is 11.3 Å². The Morgan fingerprint density at radius 1 is 1.20 bits per heavy atom. The Bertz CT molecular complexity index is 318. The maximum atomic E-state index is 3.98. The predicted molar refractivity (Wildman–Crippen MR) is 32.0 cm³/mol. The van der Waals surface area contributed by atoms with Gasteiger partial charge in [-0.1, -0.05) is 0 Å². The van der Waals surface area contributed by atoms with E-state index in [1.807, 2.05) is 6.92 Å². The van der Waals surface area contributed by atoms with Crippen LogP contribution in [0, 0.1) is 6.92 Å². The molecule has 0 amide bonds. The molecule has 0 aliphatic heterocycles. The lowest BCUT2D eigenvalue weighted by Gasteiger charge is -1.76. The molecule has 0 aromatic carbocycles. The van der Waals surface area contributed by atoms with Gasteiger partial charge < -0.3 is 4.98 Å².